The molecule has 0 bridgehead atoms. The summed E-state index contributed by atoms with van der Waals surface area (Å²) in [5.74, 6) is 0.592. The normalized spacial score (nSPS) is 38.8. The zero-order valence-corrected chi connectivity index (χ0v) is 36.9. The van der Waals surface area contributed by atoms with Crippen LogP contribution in [0.4, 0.5) is 0 Å². The van der Waals surface area contributed by atoms with Gasteiger partial charge in [-0.3, -0.25) is 12.5 Å². The Morgan fingerprint density at radius 1 is 0.739 bits per heavy atom. The van der Waals surface area contributed by atoms with Crippen molar-refractivity contribution in [2.45, 2.75) is 111 Å². The topological polar surface area (TPSA) is 199 Å². The summed E-state index contributed by atoms with van der Waals surface area (Å²) in [6.07, 6.45) is 0.940. The van der Waals surface area contributed by atoms with Gasteiger partial charge in [0.15, 0.2) is 0 Å². The zero-order chi connectivity index (χ0) is 32.3. The Morgan fingerprint density at radius 2 is 1.24 bits per heavy atom. The zero-order valence-electron chi connectivity index (χ0n) is 28.5. The van der Waals surface area contributed by atoms with Crippen LogP contribution >= 0.6 is 0 Å². The van der Waals surface area contributed by atoms with Crippen LogP contribution in [0.15, 0.2) is 12.2 Å². The van der Waals surface area contributed by atoms with Gasteiger partial charge in [-0.15, -0.1) is 0 Å². The first-order chi connectivity index (χ1) is 19.5. The molecule has 0 spiro atoms. The minimum atomic E-state index is -5.35. The third kappa shape index (κ3) is 10.7. The molecule has 0 aromatic heterocycles. The largest absolute Gasteiger partial charge is 1.00 e. The van der Waals surface area contributed by atoms with Gasteiger partial charge in [0, 0.05) is 0 Å². The van der Waals surface area contributed by atoms with Gasteiger partial charge in [0.05, 0.1) is 6.10 Å². The molecule has 0 N–H and O–H groups in total. The molecule has 4 saturated carbocycles. The summed E-state index contributed by atoms with van der Waals surface area (Å²) in [7, 11) is -15.8. The van der Waals surface area contributed by atoms with Crippen molar-refractivity contribution in [1.82, 2.24) is 0 Å². The molecule has 4 fully saturated rings. The monoisotopic (exact) mass is 738 g/mol. The van der Waals surface area contributed by atoms with Crippen LogP contribution in [0, 0.1) is 52.3 Å². The van der Waals surface area contributed by atoms with Crippen molar-refractivity contribution >= 4 is 31.2 Å². The molecule has 12 nitrogen and oxygen atoms in total. The molecule has 0 heterocycles. The van der Waals surface area contributed by atoms with Crippen molar-refractivity contribution in [2.24, 2.45) is 52.3 Å². The summed E-state index contributed by atoms with van der Waals surface area (Å²) in [6, 6.07) is 0. The SMILES string of the molecule is C=C(C)C(C)CCC(C)C1CCC2C3CC(OS(=O)(=O)[O-])C4CC(OS(=O)(=O)[O-])C(OS(=O)(=O)[O-])CC4(C)C3CCC12C.[Na+].[Na+].[Na+]. The Bertz CT molecular complexity index is 1390. The van der Waals surface area contributed by atoms with E-state index in [2.05, 4.69) is 31.5 Å². The fraction of sp³-hybridized carbons (Fsp3) is 0.929. The van der Waals surface area contributed by atoms with Crippen molar-refractivity contribution in [3.05, 3.63) is 12.2 Å². The van der Waals surface area contributed by atoms with E-state index < -0.39 is 60.8 Å². The average Bonchev–Trinajstić information content (AvgIpc) is 3.18. The molecule has 46 heavy (non-hydrogen) atoms. The minimum Gasteiger partial charge on any atom is -0.726 e. The van der Waals surface area contributed by atoms with E-state index in [9.17, 15) is 38.9 Å². The molecule has 0 aliphatic heterocycles. The van der Waals surface area contributed by atoms with Crippen molar-refractivity contribution < 1.29 is 140 Å². The van der Waals surface area contributed by atoms with Crippen molar-refractivity contribution in [3.63, 3.8) is 0 Å². The number of hydrogen-bond donors (Lipinski definition) is 0. The smallest absolute Gasteiger partial charge is 0.726 e. The Balaban J connectivity index is 0.00000353. The molecule has 4 aliphatic rings. The third-order valence-corrected chi connectivity index (χ3v) is 13.5. The minimum absolute atomic E-state index is 0. The van der Waals surface area contributed by atoms with Gasteiger partial charge < -0.3 is 13.7 Å². The predicted octanol–water partition coefficient (Wildman–Crippen LogP) is -4.96. The van der Waals surface area contributed by atoms with E-state index in [1.807, 2.05) is 13.8 Å². The van der Waals surface area contributed by atoms with E-state index in [0.29, 0.717) is 17.8 Å². The van der Waals surface area contributed by atoms with Gasteiger partial charge in [-0.2, -0.15) is 0 Å². The summed E-state index contributed by atoms with van der Waals surface area (Å²) >= 11 is 0. The Morgan fingerprint density at radius 3 is 1.76 bits per heavy atom. The van der Waals surface area contributed by atoms with Crippen LogP contribution in [0.25, 0.3) is 0 Å². The molecule has 0 radical (unpaired) electrons. The van der Waals surface area contributed by atoms with E-state index >= 15 is 0 Å². The van der Waals surface area contributed by atoms with Crippen LogP contribution in [0.3, 0.4) is 0 Å². The Hall–Kier alpha value is 2.35. The molecule has 0 saturated heterocycles. The molecular formula is C28H45Na3O12S3. The van der Waals surface area contributed by atoms with Gasteiger partial charge in [-0.05, 0) is 117 Å². The average molecular weight is 739 g/mol. The van der Waals surface area contributed by atoms with Gasteiger partial charge in [0.25, 0.3) is 0 Å². The molecular weight excluding hydrogens is 693 g/mol. The van der Waals surface area contributed by atoms with E-state index in [-0.39, 0.29) is 131 Å². The van der Waals surface area contributed by atoms with Crippen LogP contribution < -0.4 is 88.7 Å². The van der Waals surface area contributed by atoms with E-state index in [1.165, 1.54) is 0 Å². The van der Waals surface area contributed by atoms with Gasteiger partial charge in [-0.1, -0.05) is 39.8 Å². The molecule has 0 amide bonds. The Labute approximate surface area is 342 Å². The predicted molar refractivity (Wildman–Crippen MR) is 152 cm³/mol. The number of allylic oxidation sites excluding steroid dienone is 1. The molecule has 12 unspecified atom stereocenters. The maximum absolute atomic E-state index is 11.9. The molecule has 18 heteroatoms. The van der Waals surface area contributed by atoms with Crippen LogP contribution in [-0.2, 0) is 43.7 Å². The second kappa shape index (κ2) is 17.0. The van der Waals surface area contributed by atoms with E-state index in [4.69, 9.17) is 8.37 Å². The standard InChI is InChI=1S/C28H48O12S3.3Na/c1-16(2)17(3)7-8-18(4)20-9-10-21-19-13-24(38-41(29,30)31)23-14-25(39-42(32,33)34)26(40-43(35,36)37)15-28(23,6)22(19)11-12-27(20,21)5;;;/h17-26H,1,7-15H2,2-6H3,(H,29,30,31)(H,32,33,34)(H,35,36,37);;;/q;3*+1/p-3. The summed E-state index contributed by atoms with van der Waals surface area (Å²) in [5, 5.41) is 0. The van der Waals surface area contributed by atoms with Crippen LogP contribution in [0.1, 0.15) is 92.4 Å². The summed E-state index contributed by atoms with van der Waals surface area (Å²) in [4.78, 5) is 0. The molecule has 250 valence electrons. The van der Waals surface area contributed by atoms with Crippen molar-refractivity contribution in [1.29, 1.82) is 0 Å². The van der Waals surface area contributed by atoms with Crippen molar-refractivity contribution in [3.8, 4) is 0 Å². The fourth-order valence-corrected chi connectivity index (χ4v) is 11.5. The molecule has 4 aliphatic carbocycles. The maximum Gasteiger partial charge on any atom is 1.00 e. The summed E-state index contributed by atoms with van der Waals surface area (Å²) < 4.78 is 120. The summed E-state index contributed by atoms with van der Waals surface area (Å²) in [5.41, 5.74) is 0.220. The van der Waals surface area contributed by atoms with E-state index in [1.54, 1.807) is 0 Å². The first-order valence-electron chi connectivity index (χ1n) is 15.1. The molecule has 4 rings (SSSR count). The number of rotatable bonds is 11. The van der Waals surface area contributed by atoms with Crippen molar-refractivity contribution in [2.75, 3.05) is 0 Å². The maximum atomic E-state index is 11.9. The quantitative estimate of drug-likeness (QED) is 0.0849. The second-order valence-corrected chi connectivity index (χ2v) is 17.4. The fourth-order valence-electron chi connectivity index (χ4n) is 9.95. The second-order valence-electron chi connectivity index (χ2n) is 14.3. The molecule has 0 aromatic carbocycles. The Kier molecular flexibility index (Phi) is 17.1. The number of hydrogen-bond acceptors (Lipinski definition) is 12. The molecule has 0 aromatic rings. The van der Waals surface area contributed by atoms with Gasteiger partial charge in [-0.25, -0.2) is 25.3 Å². The van der Waals surface area contributed by atoms with Gasteiger partial charge >= 0.3 is 88.7 Å². The van der Waals surface area contributed by atoms with Crippen LogP contribution in [0.5, 0.6) is 0 Å². The van der Waals surface area contributed by atoms with Crippen LogP contribution in [-0.4, -0.2) is 57.2 Å². The first-order valence-corrected chi connectivity index (χ1v) is 19.1. The summed E-state index contributed by atoms with van der Waals surface area (Å²) in [6.45, 7) is 14.7. The third-order valence-electron chi connectivity index (χ3n) is 12.0. The van der Waals surface area contributed by atoms with Gasteiger partial charge in [0.1, 0.15) is 12.2 Å². The number of fused-ring (bicyclic) bond motifs is 5. The first kappa shape index (κ1) is 46.4. The molecule has 12 atom stereocenters. The van der Waals surface area contributed by atoms with Gasteiger partial charge in [0.2, 0.25) is 31.2 Å². The van der Waals surface area contributed by atoms with E-state index in [0.717, 1.165) is 44.1 Å². The van der Waals surface area contributed by atoms with Crippen LogP contribution in [0.2, 0.25) is 0 Å².